The standard InChI is InChI=1S/C11H19F2NOS/c1-10(2,3)16(15)14-8-9-5-4-6-11(12,13)7-9/h8-9H,4-7H2,1-3H3/b14-8+/t9-,16?/m0/s1. The van der Waals surface area contributed by atoms with Gasteiger partial charge in [-0.15, -0.1) is 0 Å². The highest BCUT2D eigenvalue weighted by Gasteiger charge is 2.35. The molecular weight excluding hydrogens is 232 g/mol. The molecule has 1 unspecified atom stereocenters. The highest BCUT2D eigenvalue weighted by atomic mass is 32.2. The van der Waals surface area contributed by atoms with Gasteiger partial charge in [-0.25, -0.2) is 13.0 Å². The van der Waals surface area contributed by atoms with Crippen LogP contribution in [0.4, 0.5) is 8.78 Å². The molecule has 0 radical (unpaired) electrons. The topological polar surface area (TPSA) is 29.4 Å². The molecule has 0 aromatic heterocycles. The van der Waals surface area contributed by atoms with Crippen molar-refractivity contribution in [3.8, 4) is 0 Å². The van der Waals surface area contributed by atoms with Crippen LogP contribution in [0.1, 0.15) is 46.5 Å². The second-order valence-electron chi connectivity index (χ2n) is 5.33. The van der Waals surface area contributed by atoms with Crippen LogP contribution < -0.4 is 0 Å². The van der Waals surface area contributed by atoms with Gasteiger partial charge in [0, 0.05) is 25.0 Å². The summed E-state index contributed by atoms with van der Waals surface area (Å²) in [6.07, 6.45) is 2.53. The average molecular weight is 251 g/mol. The molecule has 0 saturated heterocycles. The smallest absolute Gasteiger partial charge is 0.234 e. The van der Waals surface area contributed by atoms with Crippen LogP contribution in [-0.4, -0.2) is 21.1 Å². The van der Waals surface area contributed by atoms with Crippen molar-refractivity contribution in [3.05, 3.63) is 0 Å². The van der Waals surface area contributed by atoms with E-state index in [0.29, 0.717) is 6.42 Å². The monoisotopic (exact) mass is 251 g/mol. The van der Waals surface area contributed by atoms with Gasteiger partial charge < -0.3 is 0 Å². The van der Waals surface area contributed by atoms with Gasteiger partial charge in [0.15, 0.2) is 0 Å². The Morgan fingerprint density at radius 2 is 2.06 bits per heavy atom. The lowest BCUT2D eigenvalue weighted by Gasteiger charge is -2.26. The van der Waals surface area contributed by atoms with E-state index in [4.69, 9.17) is 0 Å². The molecule has 2 nitrogen and oxygen atoms in total. The fourth-order valence-electron chi connectivity index (χ4n) is 1.64. The summed E-state index contributed by atoms with van der Waals surface area (Å²) in [5.74, 6) is -2.80. The van der Waals surface area contributed by atoms with Gasteiger partial charge in [0.2, 0.25) is 5.92 Å². The van der Waals surface area contributed by atoms with Crippen molar-refractivity contribution in [1.82, 2.24) is 0 Å². The second-order valence-corrected chi connectivity index (χ2v) is 7.26. The van der Waals surface area contributed by atoms with Crippen molar-refractivity contribution in [2.24, 2.45) is 10.3 Å². The zero-order valence-electron chi connectivity index (χ0n) is 10.0. The van der Waals surface area contributed by atoms with Crippen LogP contribution in [0.25, 0.3) is 0 Å². The molecule has 1 fully saturated rings. The molecule has 0 N–H and O–H groups in total. The van der Waals surface area contributed by atoms with Gasteiger partial charge in [-0.3, -0.25) is 0 Å². The van der Waals surface area contributed by atoms with Gasteiger partial charge in [0.25, 0.3) is 0 Å². The second kappa shape index (κ2) is 4.90. The van der Waals surface area contributed by atoms with E-state index in [9.17, 15) is 13.0 Å². The molecule has 1 aliphatic rings. The zero-order chi connectivity index (χ0) is 12.4. The van der Waals surface area contributed by atoms with Crippen LogP contribution in [0.5, 0.6) is 0 Å². The van der Waals surface area contributed by atoms with E-state index < -0.39 is 21.7 Å². The molecule has 1 aliphatic carbocycles. The van der Waals surface area contributed by atoms with E-state index >= 15 is 0 Å². The molecule has 1 saturated carbocycles. The Morgan fingerprint density at radius 1 is 1.44 bits per heavy atom. The van der Waals surface area contributed by atoms with Crippen molar-refractivity contribution in [2.75, 3.05) is 0 Å². The lowest BCUT2D eigenvalue weighted by molar-refractivity contribution is -0.0420. The first kappa shape index (κ1) is 13.7. The maximum Gasteiger partial charge on any atom is 0.248 e. The predicted octanol–water partition coefficient (Wildman–Crippen LogP) is 3.34. The first-order chi connectivity index (χ1) is 7.21. The largest absolute Gasteiger partial charge is 0.248 e. The Hall–Kier alpha value is -0.320. The van der Waals surface area contributed by atoms with Crippen LogP contribution in [0.3, 0.4) is 0 Å². The molecular formula is C11H19F2NOS. The third-order valence-corrected chi connectivity index (χ3v) is 3.93. The average Bonchev–Trinajstić information content (AvgIpc) is 2.11. The minimum Gasteiger partial charge on any atom is -0.234 e. The summed E-state index contributed by atoms with van der Waals surface area (Å²) in [5, 5.41) is 0. The molecule has 0 spiro atoms. The van der Waals surface area contributed by atoms with E-state index in [1.165, 1.54) is 6.21 Å². The fraction of sp³-hybridized carbons (Fsp3) is 0.909. The van der Waals surface area contributed by atoms with Crippen molar-refractivity contribution in [2.45, 2.75) is 57.1 Å². The maximum absolute atomic E-state index is 13.1. The summed E-state index contributed by atoms with van der Waals surface area (Å²) in [4.78, 5) is 0. The van der Waals surface area contributed by atoms with Gasteiger partial charge in [-0.05, 0) is 33.6 Å². The number of alkyl halides is 2. The maximum atomic E-state index is 13.1. The number of halogens is 2. The quantitative estimate of drug-likeness (QED) is 0.692. The first-order valence-corrected chi connectivity index (χ1v) is 6.65. The summed E-state index contributed by atoms with van der Waals surface area (Å²) < 4.78 is 41.2. The van der Waals surface area contributed by atoms with Gasteiger partial charge >= 0.3 is 0 Å². The summed E-state index contributed by atoms with van der Waals surface area (Å²) in [6.45, 7) is 5.45. The molecule has 2 atom stereocenters. The molecule has 0 heterocycles. The van der Waals surface area contributed by atoms with E-state index in [2.05, 4.69) is 4.40 Å². The third kappa shape index (κ3) is 4.28. The Labute approximate surface area is 98.1 Å². The highest BCUT2D eigenvalue weighted by Crippen LogP contribution is 2.35. The summed E-state index contributed by atoms with van der Waals surface area (Å²) in [6, 6.07) is 0. The highest BCUT2D eigenvalue weighted by molar-refractivity contribution is 7.85. The lowest BCUT2D eigenvalue weighted by atomic mass is 9.87. The third-order valence-electron chi connectivity index (χ3n) is 2.57. The normalized spacial score (nSPS) is 28.2. The number of hydrogen-bond donors (Lipinski definition) is 0. The van der Waals surface area contributed by atoms with Gasteiger partial charge in [-0.1, -0.05) is 0 Å². The number of hydrogen-bond acceptors (Lipinski definition) is 1. The molecule has 0 aliphatic heterocycles. The molecule has 1 rings (SSSR count). The Bertz CT molecular complexity index is 297. The van der Waals surface area contributed by atoms with Gasteiger partial charge in [0.05, 0.1) is 4.75 Å². The SMILES string of the molecule is CC(C)(C)S(=O)/N=C/[C@H]1CCCC(F)(F)C1. The molecule has 5 heteroatoms. The van der Waals surface area contributed by atoms with E-state index in [1.54, 1.807) is 0 Å². The van der Waals surface area contributed by atoms with Crippen LogP contribution in [0.15, 0.2) is 4.40 Å². The molecule has 0 amide bonds. The fourth-order valence-corrected chi connectivity index (χ4v) is 2.24. The first-order valence-electron chi connectivity index (χ1n) is 5.55. The lowest BCUT2D eigenvalue weighted by Crippen LogP contribution is -2.27. The Kier molecular flexibility index (Phi) is 4.21. The van der Waals surface area contributed by atoms with Crippen LogP contribution in [0, 0.1) is 5.92 Å². The predicted molar refractivity (Wildman–Crippen MR) is 63.3 cm³/mol. The van der Waals surface area contributed by atoms with Crippen molar-refractivity contribution in [1.29, 1.82) is 0 Å². The zero-order valence-corrected chi connectivity index (χ0v) is 10.8. The van der Waals surface area contributed by atoms with Crippen molar-refractivity contribution >= 4 is 17.2 Å². The molecule has 0 aromatic carbocycles. The molecule has 16 heavy (non-hydrogen) atoms. The Morgan fingerprint density at radius 3 is 2.56 bits per heavy atom. The Balaban J connectivity index is 2.55. The minimum atomic E-state index is -2.57. The van der Waals surface area contributed by atoms with E-state index in [1.807, 2.05) is 20.8 Å². The molecule has 0 bridgehead atoms. The van der Waals surface area contributed by atoms with Gasteiger partial charge in [0.1, 0.15) is 11.0 Å². The van der Waals surface area contributed by atoms with E-state index in [-0.39, 0.29) is 18.8 Å². The van der Waals surface area contributed by atoms with Crippen molar-refractivity contribution < 1.29 is 13.0 Å². The van der Waals surface area contributed by atoms with E-state index in [0.717, 1.165) is 6.42 Å². The van der Waals surface area contributed by atoms with Crippen LogP contribution >= 0.6 is 0 Å². The minimum absolute atomic E-state index is 0.0281. The summed E-state index contributed by atoms with van der Waals surface area (Å²) in [7, 11) is -1.34. The van der Waals surface area contributed by atoms with Crippen LogP contribution in [0.2, 0.25) is 0 Å². The summed E-state index contributed by atoms with van der Waals surface area (Å²) in [5.41, 5.74) is 0. The van der Waals surface area contributed by atoms with Crippen molar-refractivity contribution in [3.63, 3.8) is 0 Å². The number of nitrogens with zero attached hydrogens (tertiary/aromatic N) is 1. The molecule has 94 valence electrons. The summed E-state index contributed by atoms with van der Waals surface area (Å²) >= 11 is 0. The van der Waals surface area contributed by atoms with Gasteiger partial charge in [-0.2, -0.15) is 4.40 Å². The van der Waals surface area contributed by atoms with Crippen LogP contribution in [-0.2, 0) is 11.0 Å². The number of rotatable bonds is 2. The molecule has 0 aromatic rings.